The van der Waals surface area contributed by atoms with E-state index >= 15 is 0 Å². The molecule has 0 fully saturated rings. The van der Waals surface area contributed by atoms with Gasteiger partial charge < -0.3 is 15.6 Å². The maximum atomic E-state index is 12.1. The van der Waals surface area contributed by atoms with E-state index in [9.17, 15) is 4.79 Å². The highest BCUT2D eigenvalue weighted by Crippen LogP contribution is 2.16. The lowest BCUT2D eigenvalue weighted by molar-refractivity contribution is 0.0950. The average Bonchev–Trinajstić information content (AvgIpc) is 2.86. The number of nitrogens with zero attached hydrogens (tertiary/aromatic N) is 3. The van der Waals surface area contributed by atoms with E-state index in [0.29, 0.717) is 17.8 Å². The summed E-state index contributed by atoms with van der Waals surface area (Å²) >= 11 is 0. The van der Waals surface area contributed by atoms with Crippen molar-refractivity contribution in [3.8, 4) is 0 Å². The number of benzene rings is 1. The fourth-order valence-corrected chi connectivity index (χ4v) is 1.81. The summed E-state index contributed by atoms with van der Waals surface area (Å²) in [6.07, 6.45) is 1.64. The van der Waals surface area contributed by atoms with E-state index in [1.807, 2.05) is 30.5 Å². The molecule has 0 spiro atoms. The molecule has 0 saturated heterocycles. The van der Waals surface area contributed by atoms with Crippen LogP contribution < -0.4 is 11.1 Å². The highest BCUT2D eigenvalue weighted by Gasteiger charge is 2.11. The molecule has 0 aliphatic rings. The maximum absolute atomic E-state index is 12.1. The van der Waals surface area contributed by atoms with Crippen molar-refractivity contribution in [3.05, 3.63) is 41.5 Å². The van der Waals surface area contributed by atoms with Crippen molar-refractivity contribution in [2.24, 2.45) is 0 Å². The first-order chi connectivity index (χ1) is 9.13. The molecule has 2 aromatic rings. The maximum Gasteiger partial charge on any atom is 0.253 e. The Morgan fingerprint density at radius 3 is 3.00 bits per heavy atom. The first-order valence-electron chi connectivity index (χ1n) is 6.13. The largest absolute Gasteiger partial charge is 0.398 e. The average molecular weight is 259 g/mol. The van der Waals surface area contributed by atoms with Gasteiger partial charge in [0.2, 0.25) is 0 Å². The lowest BCUT2D eigenvalue weighted by Gasteiger charge is -2.09. The number of para-hydroxylation sites is 1. The van der Waals surface area contributed by atoms with E-state index in [1.165, 1.54) is 0 Å². The molecule has 0 atom stereocenters. The van der Waals surface area contributed by atoms with Crippen molar-refractivity contribution >= 4 is 11.6 Å². The molecule has 0 bridgehead atoms. The van der Waals surface area contributed by atoms with Gasteiger partial charge in [0, 0.05) is 12.2 Å². The summed E-state index contributed by atoms with van der Waals surface area (Å²) in [6, 6.07) is 5.40. The Morgan fingerprint density at radius 2 is 2.26 bits per heavy atom. The third kappa shape index (κ3) is 2.73. The minimum atomic E-state index is -0.202. The summed E-state index contributed by atoms with van der Waals surface area (Å²) in [5.74, 6) is 0.522. The van der Waals surface area contributed by atoms with Gasteiger partial charge in [0.15, 0.2) is 5.82 Å². The molecule has 1 aromatic carbocycles. The SMILES string of the molecule is CCn1cnnc1CNC(=O)c1cccc(C)c1N. The van der Waals surface area contributed by atoms with Crippen molar-refractivity contribution in [2.75, 3.05) is 5.73 Å². The molecule has 100 valence electrons. The van der Waals surface area contributed by atoms with Crippen LogP contribution in [-0.2, 0) is 13.1 Å². The van der Waals surface area contributed by atoms with E-state index in [0.717, 1.165) is 17.9 Å². The Morgan fingerprint density at radius 1 is 1.47 bits per heavy atom. The fourth-order valence-electron chi connectivity index (χ4n) is 1.81. The zero-order valence-electron chi connectivity index (χ0n) is 11.1. The van der Waals surface area contributed by atoms with E-state index in [1.54, 1.807) is 12.4 Å². The van der Waals surface area contributed by atoms with Gasteiger partial charge in [-0.3, -0.25) is 4.79 Å². The molecule has 0 saturated carbocycles. The lowest BCUT2D eigenvalue weighted by Crippen LogP contribution is -2.25. The molecule has 0 radical (unpaired) electrons. The second-order valence-corrected chi connectivity index (χ2v) is 4.25. The molecular formula is C13H17N5O. The van der Waals surface area contributed by atoms with Crippen LogP contribution in [0.5, 0.6) is 0 Å². The van der Waals surface area contributed by atoms with Gasteiger partial charge in [-0.25, -0.2) is 0 Å². The van der Waals surface area contributed by atoms with Gasteiger partial charge in [-0.15, -0.1) is 10.2 Å². The number of nitrogens with one attached hydrogen (secondary N) is 1. The van der Waals surface area contributed by atoms with Crippen molar-refractivity contribution in [3.63, 3.8) is 0 Å². The van der Waals surface area contributed by atoms with E-state index in [4.69, 9.17) is 5.73 Å². The number of hydrogen-bond acceptors (Lipinski definition) is 4. The van der Waals surface area contributed by atoms with Crippen LogP contribution in [0.2, 0.25) is 0 Å². The summed E-state index contributed by atoms with van der Waals surface area (Å²) in [5, 5.41) is 10.6. The van der Waals surface area contributed by atoms with Crippen molar-refractivity contribution in [1.29, 1.82) is 0 Å². The second-order valence-electron chi connectivity index (χ2n) is 4.25. The van der Waals surface area contributed by atoms with Crippen LogP contribution in [-0.4, -0.2) is 20.7 Å². The highest BCUT2D eigenvalue weighted by molar-refractivity contribution is 5.99. The molecule has 6 nitrogen and oxygen atoms in total. The predicted molar refractivity (Wildman–Crippen MR) is 72.5 cm³/mol. The Labute approximate surface area is 111 Å². The number of rotatable bonds is 4. The lowest BCUT2D eigenvalue weighted by atomic mass is 10.1. The van der Waals surface area contributed by atoms with Gasteiger partial charge >= 0.3 is 0 Å². The highest BCUT2D eigenvalue weighted by atomic mass is 16.1. The molecule has 6 heteroatoms. The van der Waals surface area contributed by atoms with Gasteiger partial charge in [0.05, 0.1) is 12.1 Å². The van der Waals surface area contributed by atoms with Crippen LogP contribution in [0.4, 0.5) is 5.69 Å². The minimum Gasteiger partial charge on any atom is -0.398 e. The third-order valence-corrected chi connectivity index (χ3v) is 3.01. The van der Waals surface area contributed by atoms with Gasteiger partial charge in [0.25, 0.3) is 5.91 Å². The third-order valence-electron chi connectivity index (χ3n) is 3.01. The number of aryl methyl sites for hydroxylation is 2. The summed E-state index contributed by atoms with van der Waals surface area (Å²) < 4.78 is 1.87. The first kappa shape index (κ1) is 13.1. The van der Waals surface area contributed by atoms with Gasteiger partial charge in [-0.1, -0.05) is 12.1 Å². The monoisotopic (exact) mass is 259 g/mol. The van der Waals surface area contributed by atoms with Gasteiger partial charge in [-0.2, -0.15) is 0 Å². The molecule has 2 rings (SSSR count). The topological polar surface area (TPSA) is 85.8 Å². The number of nitrogen functional groups attached to an aromatic ring is 1. The number of nitrogens with two attached hydrogens (primary N) is 1. The standard InChI is InChI=1S/C13H17N5O/c1-3-18-8-16-17-11(18)7-15-13(19)10-6-4-5-9(2)12(10)14/h4-6,8H,3,7,14H2,1-2H3,(H,15,19). The van der Waals surface area contributed by atoms with E-state index < -0.39 is 0 Å². The fraction of sp³-hybridized carbons (Fsp3) is 0.308. The number of carbonyl (C=O) groups is 1. The second kappa shape index (κ2) is 5.51. The minimum absolute atomic E-state index is 0.202. The first-order valence-corrected chi connectivity index (χ1v) is 6.13. The van der Waals surface area contributed by atoms with Crippen molar-refractivity contribution < 1.29 is 4.79 Å². The summed E-state index contributed by atoms with van der Waals surface area (Å²) in [4.78, 5) is 12.1. The van der Waals surface area contributed by atoms with Crippen LogP contribution in [0, 0.1) is 6.92 Å². The van der Waals surface area contributed by atoms with Crippen LogP contribution >= 0.6 is 0 Å². The predicted octanol–water partition coefficient (Wildman–Crippen LogP) is 1.12. The smallest absolute Gasteiger partial charge is 0.253 e. The number of anilines is 1. The number of amides is 1. The van der Waals surface area contributed by atoms with Crippen LogP contribution in [0.15, 0.2) is 24.5 Å². The Kier molecular flexibility index (Phi) is 3.79. The summed E-state index contributed by atoms with van der Waals surface area (Å²) in [5.41, 5.74) is 7.79. The van der Waals surface area contributed by atoms with Crippen LogP contribution in [0.3, 0.4) is 0 Å². The van der Waals surface area contributed by atoms with Crippen LogP contribution in [0.1, 0.15) is 28.7 Å². The zero-order valence-corrected chi connectivity index (χ0v) is 11.1. The Balaban J connectivity index is 2.08. The molecule has 1 aromatic heterocycles. The van der Waals surface area contributed by atoms with E-state index in [-0.39, 0.29) is 5.91 Å². The van der Waals surface area contributed by atoms with Crippen LogP contribution in [0.25, 0.3) is 0 Å². The van der Waals surface area contributed by atoms with Gasteiger partial charge in [-0.05, 0) is 25.5 Å². The molecule has 1 amide bonds. The quantitative estimate of drug-likeness (QED) is 0.806. The number of hydrogen-bond donors (Lipinski definition) is 2. The number of aromatic nitrogens is 3. The molecule has 19 heavy (non-hydrogen) atoms. The number of carbonyl (C=O) groups excluding carboxylic acids is 1. The molecule has 0 aliphatic carbocycles. The van der Waals surface area contributed by atoms with E-state index in [2.05, 4.69) is 15.5 Å². The Hall–Kier alpha value is -2.37. The molecule has 0 aliphatic heterocycles. The molecular weight excluding hydrogens is 242 g/mol. The summed E-state index contributed by atoms with van der Waals surface area (Å²) in [6.45, 7) is 4.97. The molecule has 1 heterocycles. The van der Waals surface area contributed by atoms with Gasteiger partial charge in [0.1, 0.15) is 6.33 Å². The molecule has 0 unspecified atom stereocenters. The zero-order chi connectivity index (χ0) is 13.8. The van der Waals surface area contributed by atoms with Crippen molar-refractivity contribution in [2.45, 2.75) is 26.9 Å². The molecule has 3 N–H and O–H groups in total. The summed E-state index contributed by atoms with van der Waals surface area (Å²) in [7, 11) is 0. The van der Waals surface area contributed by atoms with Crippen molar-refractivity contribution in [1.82, 2.24) is 20.1 Å². The Bertz CT molecular complexity index is 590. The normalized spacial score (nSPS) is 10.4.